The molecule has 0 radical (unpaired) electrons. The van der Waals surface area contributed by atoms with Crippen LogP contribution in [-0.2, 0) is 4.79 Å². The molecule has 2 rings (SSSR count). The van der Waals surface area contributed by atoms with Gasteiger partial charge in [-0.25, -0.2) is 4.79 Å². The van der Waals surface area contributed by atoms with Crippen molar-refractivity contribution in [2.24, 2.45) is 0 Å². The van der Waals surface area contributed by atoms with Crippen LogP contribution < -0.4 is 10.6 Å². The van der Waals surface area contributed by atoms with Gasteiger partial charge in [0.05, 0.1) is 12.5 Å². The molecule has 0 spiro atoms. The van der Waals surface area contributed by atoms with Crippen LogP contribution in [0.5, 0.6) is 0 Å². The molecule has 1 aliphatic carbocycles. The van der Waals surface area contributed by atoms with E-state index in [0.717, 1.165) is 31.2 Å². The van der Waals surface area contributed by atoms with Crippen LogP contribution in [0.3, 0.4) is 0 Å². The van der Waals surface area contributed by atoms with Crippen LogP contribution in [0.1, 0.15) is 50.6 Å². The van der Waals surface area contributed by atoms with E-state index in [1.54, 1.807) is 0 Å². The summed E-state index contributed by atoms with van der Waals surface area (Å²) >= 11 is 0. The molecule has 21 heavy (non-hydrogen) atoms. The molecule has 0 aliphatic heterocycles. The lowest BCUT2D eigenvalue weighted by Crippen LogP contribution is -2.56. The highest BCUT2D eigenvalue weighted by atomic mass is 16.4. The second kappa shape index (κ2) is 6.61. The molecule has 1 fully saturated rings. The van der Waals surface area contributed by atoms with Gasteiger partial charge in [-0.2, -0.15) is 0 Å². The van der Waals surface area contributed by atoms with Crippen LogP contribution in [0.4, 0.5) is 4.79 Å². The van der Waals surface area contributed by atoms with Gasteiger partial charge in [0, 0.05) is 5.54 Å². The first-order valence-corrected chi connectivity index (χ1v) is 7.40. The van der Waals surface area contributed by atoms with Gasteiger partial charge in [0.25, 0.3) is 0 Å². The minimum atomic E-state index is -0.932. The van der Waals surface area contributed by atoms with Crippen LogP contribution in [0.25, 0.3) is 0 Å². The molecule has 3 N–H and O–H groups in total. The highest BCUT2D eigenvalue weighted by Gasteiger charge is 2.36. The van der Waals surface area contributed by atoms with Crippen molar-refractivity contribution in [1.82, 2.24) is 10.6 Å². The van der Waals surface area contributed by atoms with Gasteiger partial charge in [0.15, 0.2) is 0 Å². The van der Waals surface area contributed by atoms with E-state index in [1.165, 1.54) is 0 Å². The number of carboxylic acids is 1. The van der Waals surface area contributed by atoms with Crippen LogP contribution in [-0.4, -0.2) is 22.6 Å². The number of carbonyl (C=O) groups excluding carboxylic acids is 1. The standard InChI is InChI=1S/C16H22N2O3/c1-2-16(9-6-10-16)18-15(21)17-13(11-14(19)20)12-7-4-3-5-8-12/h3-5,7-8,13H,2,6,9-11H2,1H3,(H,19,20)(H2,17,18,21). The fourth-order valence-corrected chi connectivity index (χ4v) is 2.72. The van der Waals surface area contributed by atoms with Crippen molar-refractivity contribution < 1.29 is 14.7 Å². The summed E-state index contributed by atoms with van der Waals surface area (Å²) in [7, 11) is 0. The molecule has 0 heterocycles. The van der Waals surface area contributed by atoms with Gasteiger partial charge in [-0.15, -0.1) is 0 Å². The Balaban J connectivity index is 2.01. The third-order valence-corrected chi connectivity index (χ3v) is 4.25. The minimum absolute atomic E-state index is 0.103. The molecule has 1 unspecified atom stereocenters. The Morgan fingerprint density at radius 3 is 2.43 bits per heavy atom. The number of carboxylic acid groups (broad SMARTS) is 1. The van der Waals surface area contributed by atoms with Gasteiger partial charge in [-0.3, -0.25) is 4.79 Å². The van der Waals surface area contributed by atoms with Gasteiger partial charge >= 0.3 is 12.0 Å². The molecule has 1 aromatic carbocycles. The van der Waals surface area contributed by atoms with Crippen molar-refractivity contribution >= 4 is 12.0 Å². The number of benzene rings is 1. The van der Waals surface area contributed by atoms with Crippen molar-refractivity contribution in [2.45, 2.75) is 50.6 Å². The molecule has 0 aromatic heterocycles. The van der Waals surface area contributed by atoms with Crippen molar-refractivity contribution in [3.63, 3.8) is 0 Å². The summed E-state index contributed by atoms with van der Waals surface area (Å²) in [4.78, 5) is 23.2. The molecule has 0 bridgehead atoms. The van der Waals surface area contributed by atoms with Crippen LogP contribution in [0, 0.1) is 0 Å². The first-order valence-electron chi connectivity index (χ1n) is 7.40. The Hall–Kier alpha value is -2.04. The molecule has 1 saturated carbocycles. The lowest BCUT2D eigenvalue weighted by molar-refractivity contribution is -0.137. The van der Waals surface area contributed by atoms with Gasteiger partial charge in [-0.05, 0) is 31.2 Å². The van der Waals surface area contributed by atoms with Crippen molar-refractivity contribution in [2.75, 3.05) is 0 Å². The Bertz CT molecular complexity index is 492. The molecule has 1 atom stereocenters. The average molecular weight is 290 g/mol. The fraction of sp³-hybridized carbons (Fsp3) is 0.500. The Labute approximate surface area is 124 Å². The second-order valence-corrected chi connectivity index (χ2v) is 5.65. The molecule has 1 aliphatic rings. The number of hydrogen-bond acceptors (Lipinski definition) is 2. The summed E-state index contributed by atoms with van der Waals surface area (Å²) < 4.78 is 0. The molecule has 0 saturated heterocycles. The maximum atomic E-state index is 12.2. The molecule has 5 heteroatoms. The topological polar surface area (TPSA) is 78.4 Å². The first kappa shape index (κ1) is 15.4. The van der Waals surface area contributed by atoms with Gasteiger partial charge in [-0.1, -0.05) is 37.3 Å². The van der Waals surface area contributed by atoms with Crippen molar-refractivity contribution in [1.29, 1.82) is 0 Å². The summed E-state index contributed by atoms with van der Waals surface area (Å²) in [5.74, 6) is -0.932. The van der Waals surface area contributed by atoms with E-state index in [-0.39, 0.29) is 18.0 Å². The van der Waals surface area contributed by atoms with Gasteiger partial charge < -0.3 is 15.7 Å². The SMILES string of the molecule is CCC1(NC(=O)NC(CC(=O)O)c2ccccc2)CCC1. The van der Waals surface area contributed by atoms with E-state index in [1.807, 2.05) is 30.3 Å². The normalized spacial score (nSPS) is 17.4. The second-order valence-electron chi connectivity index (χ2n) is 5.65. The van der Waals surface area contributed by atoms with Gasteiger partial charge in [0.2, 0.25) is 0 Å². The maximum absolute atomic E-state index is 12.2. The monoisotopic (exact) mass is 290 g/mol. The lowest BCUT2D eigenvalue weighted by Gasteiger charge is -2.42. The molecule has 114 valence electrons. The average Bonchev–Trinajstić information content (AvgIpc) is 2.43. The Kier molecular flexibility index (Phi) is 4.83. The Morgan fingerprint density at radius 1 is 1.29 bits per heavy atom. The van der Waals surface area contributed by atoms with Crippen LogP contribution in [0.15, 0.2) is 30.3 Å². The third kappa shape index (κ3) is 3.97. The largest absolute Gasteiger partial charge is 0.481 e. The summed E-state index contributed by atoms with van der Waals surface area (Å²) in [6, 6.07) is 8.39. The number of carbonyl (C=O) groups is 2. The quantitative estimate of drug-likeness (QED) is 0.754. The van der Waals surface area contributed by atoms with E-state index >= 15 is 0 Å². The highest BCUT2D eigenvalue weighted by Crippen LogP contribution is 2.34. The molecule has 1 aromatic rings. The molecule has 5 nitrogen and oxygen atoms in total. The lowest BCUT2D eigenvalue weighted by atomic mass is 9.75. The number of urea groups is 1. The molecular formula is C16H22N2O3. The summed E-state index contributed by atoms with van der Waals surface area (Å²) in [5.41, 5.74) is 0.698. The van der Waals surface area contributed by atoms with Crippen LogP contribution in [0.2, 0.25) is 0 Å². The first-order chi connectivity index (χ1) is 10.0. The zero-order valence-corrected chi connectivity index (χ0v) is 12.3. The zero-order chi connectivity index (χ0) is 15.3. The minimum Gasteiger partial charge on any atom is -0.481 e. The molecule has 2 amide bonds. The fourth-order valence-electron chi connectivity index (χ4n) is 2.72. The number of rotatable bonds is 6. The third-order valence-electron chi connectivity index (χ3n) is 4.25. The summed E-state index contributed by atoms with van der Waals surface area (Å²) in [6.45, 7) is 2.06. The summed E-state index contributed by atoms with van der Waals surface area (Å²) in [5, 5.41) is 14.8. The molecular weight excluding hydrogens is 268 g/mol. The highest BCUT2D eigenvalue weighted by molar-refractivity contribution is 5.77. The predicted octanol–water partition coefficient (Wildman–Crippen LogP) is 2.83. The zero-order valence-electron chi connectivity index (χ0n) is 12.3. The van der Waals surface area contributed by atoms with Crippen molar-refractivity contribution in [3.05, 3.63) is 35.9 Å². The number of amides is 2. The van der Waals surface area contributed by atoms with E-state index < -0.39 is 12.0 Å². The van der Waals surface area contributed by atoms with E-state index in [4.69, 9.17) is 5.11 Å². The van der Waals surface area contributed by atoms with E-state index in [0.29, 0.717) is 0 Å². The maximum Gasteiger partial charge on any atom is 0.315 e. The van der Waals surface area contributed by atoms with Crippen molar-refractivity contribution in [3.8, 4) is 0 Å². The number of hydrogen-bond donors (Lipinski definition) is 3. The smallest absolute Gasteiger partial charge is 0.315 e. The van der Waals surface area contributed by atoms with E-state index in [2.05, 4.69) is 17.6 Å². The van der Waals surface area contributed by atoms with Crippen LogP contribution >= 0.6 is 0 Å². The number of aliphatic carboxylic acids is 1. The van der Waals surface area contributed by atoms with Gasteiger partial charge in [0.1, 0.15) is 0 Å². The number of nitrogens with one attached hydrogen (secondary N) is 2. The Morgan fingerprint density at radius 2 is 1.95 bits per heavy atom. The van der Waals surface area contributed by atoms with E-state index in [9.17, 15) is 9.59 Å². The summed E-state index contributed by atoms with van der Waals surface area (Å²) in [6.07, 6.45) is 3.88. The predicted molar refractivity (Wildman–Crippen MR) is 80.0 cm³/mol.